The minimum Gasteiger partial charge on any atom is -0.478 e. The number of ether oxygens (including phenoxy) is 1. The van der Waals surface area contributed by atoms with Crippen molar-refractivity contribution in [3.8, 4) is 5.75 Å². The Morgan fingerprint density at radius 3 is 2.76 bits per heavy atom. The molecule has 2 rings (SSSR count). The summed E-state index contributed by atoms with van der Waals surface area (Å²) in [5.74, 6) is -0.470. The number of ketones is 1. The molecule has 1 aromatic carbocycles. The van der Waals surface area contributed by atoms with Gasteiger partial charge in [0.25, 0.3) is 0 Å². The monoisotopic (exact) mass is 288 g/mol. The molecule has 112 valence electrons. The third-order valence-corrected chi connectivity index (χ3v) is 3.76. The molecule has 1 aliphatic rings. The Labute approximate surface area is 124 Å². The highest BCUT2D eigenvalue weighted by Gasteiger charge is 2.30. The number of unbranched alkanes of at least 4 members (excludes halogenated alkanes) is 1. The number of hydrogen-bond acceptors (Lipinski definition) is 3. The average molecular weight is 288 g/mol. The van der Waals surface area contributed by atoms with Crippen molar-refractivity contribution < 1.29 is 19.4 Å². The molecule has 0 saturated heterocycles. The van der Waals surface area contributed by atoms with Crippen LogP contribution in [0.3, 0.4) is 0 Å². The zero-order valence-corrected chi connectivity index (χ0v) is 12.4. The van der Waals surface area contributed by atoms with Gasteiger partial charge in [-0.15, -0.1) is 0 Å². The lowest BCUT2D eigenvalue weighted by Crippen LogP contribution is -2.24. The van der Waals surface area contributed by atoms with Gasteiger partial charge < -0.3 is 9.84 Å². The number of carboxylic acid groups (broad SMARTS) is 1. The van der Waals surface area contributed by atoms with Gasteiger partial charge in [0.15, 0.2) is 11.9 Å². The van der Waals surface area contributed by atoms with Crippen molar-refractivity contribution in [1.29, 1.82) is 0 Å². The molecule has 1 N–H and O–H groups in total. The van der Waals surface area contributed by atoms with Crippen LogP contribution in [0.2, 0.25) is 0 Å². The topological polar surface area (TPSA) is 63.6 Å². The zero-order valence-electron chi connectivity index (χ0n) is 12.4. The first kappa shape index (κ1) is 15.3. The second kappa shape index (κ2) is 6.12. The number of aryl methyl sites for hydroxylation is 1. The molecule has 4 nitrogen and oxygen atoms in total. The summed E-state index contributed by atoms with van der Waals surface area (Å²) in [5, 5.41) is 9.01. The van der Waals surface area contributed by atoms with E-state index in [1.165, 1.54) is 0 Å². The van der Waals surface area contributed by atoms with E-state index in [0.29, 0.717) is 29.7 Å². The fourth-order valence-electron chi connectivity index (χ4n) is 2.47. The molecule has 0 saturated carbocycles. The third-order valence-electron chi connectivity index (χ3n) is 3.76. The van der Waals surface area contributed by atoms with Gasteiger partial charge in [0.05, 0.1) is 0 Å². The van der Waals surface area contributed by atoms with Gasteiger partial charge in [-0.2, -0.15) is 0 Å². The fraction of sp³-hybridized carbons (Fsp3) is 0.412. The van der Waals surface area contributed by atoms with E-state index in [9.17, 15) is 9.59 Å². The number of carbonyl (C=O) groups excluding carboxylic acids is 1. The molecule has 1 atom stereocenters. The summed E-state index contributed by atoms with van der Waals surface area (Å²) in [7, 11) is 0. The lowest BCUT2D eigenvalue weighted by Gasteiger charge is -2.09. The quantitative estimate of drug-likeness (QED) is 0.644. The molecule has 0 aromatic heterocycles. The van der Waals surface area contributed by atoms with E-state index in [4.69, 9.17) is 9.84 Å². The second-order valence-corrected chi connectivity index (χ2v) is 5.46. The van der Waals surface area contributed by atoms with Crippen molar-refractivity contribution >= 4 is 11.8 Å². The molecule has 0 spiro atoms. The Morgan fingerprint density at radius 1 is 1.43 bits per heavy atom. The van der Waals surface area contributed by atoms with Gasteiger partial charge in [0.2, 0.25) is 0 Å². The summed E-state index contributed by atoms with van der Waals surface area (Å²) in [6.45, 7) is 7.77. The molecule has 1 aliphatic heterocycles. The van der Waals surface area contributed by atoms with E-state index in [-0.39, 0.29) is 5.78 Å². The molecule has 0 bridgehead atoms. The predicted octanol–water partition coefficient (Wildman–Crippen LogP) is 3.31. The first-order valence-electron chi connectivity index (χ1n) is 7.19. The average Bonchev–Trinajstić information content (AvgIpc) is 2.86. The van der Waals surface area contributed by atoms with E-state index >= 15 is 0 Å². The molecule has 0 radical (unpaired) electrons. The molecule has 0 aliphatic carbocycles. The SMILES string of the molecule is C=C(CCCC)C(=O)c1cc2c(cc1C)OC(C(=O)O)C2. The molecule has 21 heavy (non-hydrogen) atoms. The first-order chi connectivity index (χ1) is 9.93. The summed E-state index contributed by atoms with van der Waals surface area (Å²) < 4.78 is 5.38. The van der Waals surface area contributed by atoms with Gasteiger partial charge in [0.1, 0.15) is 5.75 Å². The van der Waals surface area contributed by atoms with Crippen LogP contribution in [0.15, 0.2) is 24.3 Å². The van der Waals surface area contributed by atoms with E-state index in [0.717, 1.165) is 24.0 Å². The Hall–Kier alpha value is -2.10. The standard InChI is InChI=1S/C17H20O4/c1-4-5-6-10(2)16(18)13-8-12-9-15(17(19)20)21-14(12)7-11(13)3/h7-8,15H,2,4-6,9H2,1,3H3,(H,19,20). The fourth-order valence-corrected chi connectivity index (χ4v) is 2.47. The van der Waals surface area contributed by atoms with Gasteiger partial charge in [-0.1, -0.05) is 19.9 Å². The van der Waals surface area contributed by atoms with Gasteiger partial charge in [0, 0.05) is 12.0 Å². The summed E-state index contributed by atoms with van der Waals surface area (Å²) in [6.07, 6.45) is 2.10. The number of rotatable bonds is 6. The minimum absolute atomic E-state index is 0.0532. The number of fused-ring (bicyclic) bond motifs is 1. The first-order valence-corrected chi connectivity index (χ1v) is 7.19. The lowest BCUT2D eigenvalue weighted by molar-refractivity contribution is -0.144. The second-order valence-electron chi connectivity index (χ2n) is 5.46. The lowest BCUT2D eigenvalue weighted by atomic mass is 9.94. The molecule has 1 unspecified atom stereocenters. The Kier molecular flexibility index (Phi) is 4.46. The van der Waals surface area contributed by atoms with Crippen molar-refractivity contribution in [2.24, 2.45) is 0 Å². The van der Waals surface area contributed by atoms with Crippen molar-refractivity contribution in [3.05, 3.63) is 41.0 Å². The van der Waals surface area contributed by atoms with Crippen LogP contribution < -0.4 is 4.74 Å². The number of Topliss-reactive ketones (excluding diaryl/α,β-unsaturated/α-hetero) is 1. The van der Waals surface area contributed by atoms with E-state index < -0.39 is 12.1 Å². The van der Waals surface area contributed by atoms with Gasteiger partial charge >= 0.3 is 5.97 Å². The van der Waals surface area contributed by atoms with Crippen LogP contribution in [-0.2, 0) is 11.2 Å². The molecule has 1 heterocycles. The maximum Gasteiger partial charge on any atom is 0.345 e. The van der Waals surface area contributed by atoms with Crippen LogP contribution in [-0.4, -0.2) is 23.0 Å². The highest BCUT2D eigenvalue weighted by atomic mass is 16.5. The van der Waals surface area contributed by atoms with Crippen LogP contribution in [0.1, 0.15) is 47.7 Å². The molecule has 4 heteroatoms. The molecular formula is C17H20O4. The Morgan fingerprint density at radius 2 is 2.14 bits per heavy atom. The molecule has 1 aromatic rings. The summed E-state index contributed by atoms with van der Waals surface area (Å²) in [5.41, 5.74) is 2.78. The summed E-state index contributed by atoms with van der Waals surface area (Å²) in [6, 6.07) is 3.51. The van der Waals surface area contributed by atoms with Gasteiger partial charge in [-0.25, -0.2) is 4.79 Å². The molecule has 0 amide bonds. The van der Waals surface area contributed by atoms with Crippen molar-refractivity contribution in [2.75, 3.05) is 0 Å². The van der Waals surface area contributed by atoms with Crippen molar-refractivity contribution in [1.82, 2.24) is 0 Å². The van der Waals surface area contributed by atoms with E-state index in [1.54, 1.807) is 12.1 Å². The van der Waals surface area contributed by atoms with Crippen LogP contribution in [0.5, 0.6) is 5.75 Å². The largest absolute Gasteiger partial charge is 0.478 e. The number of hydrogen-bond donors (Lipinski definition) is 1. The number of carbonyl (C=O) groups is 2. The zero-order chi connectivity index (χ0) is 15.6. The number of allylic oxidation sites excluding steroid dienone is 1. The maximum absolute atomic E-state index is 12.4. The Bertz CT molecular complexity index is 601. The maximum atomic E-state index is 12.4. The van der Waals surface area contributed by atoms with E-state index in [2.05, 4.69) is 13.5 Å². The normalized spacial score (nSPS) is 16.2. The van der Waals surface area contributed by atoms with Crippen LogP contribution in [0.4, 0.5) is 0 Å². The van der Waals surface area contributed by atoms with Gasteiger partial charge in [-0.3, -0.25) is 4.79 Å². The molecular weight excluding hydrogens is 268 g/mol. The smallest absolute Gasteiger partial charge is 0.345 e. The predicted molar refractivity (Wildman–Crippen MR) is 79.9 cm³/mol. The summed E-state index contributed by atoms with van der Waals surface area (Å²) >= 11 is 0. The minimum atomic E-state index is -0.982. The summed E-state index contributed by atoms with van der Waals surface area (Å²) in [4.78, 5) is 23.4. The number of carboxylic acids is 1. The van der Waals surface area contributed by atoms with Crippen LogP contribution >= 0.6 is 0 Å². The number of aliphatic carboxylic acids is 1. The Balaban J connectivity index is 2.24. The number of benzene rings is 1. The third kappa shape index (κ3) is 3.15. The highest BCUT2D eigenvalue weighted by Crippen LogP contribution is 2.32. The van der Waals surface area contributed by atoms with Crippen LogP contribution in [0, 0.1) is 6.92 Å². The highest BCUT2D eigenvalue weighted by molar-refractivity contribution is 6.09. The van der Waals surface area contributed by atoms with Crippen molar-refractivity contribution in [2.45, 2.75) is 45.6 Å². The van der Waals surface area contributed by atoms with Gasteiger partial charge in [-0.05, 0) is 48.6 Å². The van der Waals surface area contributed by atoms with Crippen molar-refractivity contribution in [3.63, 3.8) is 0 Å². The molecule has 0 fully saturated rings. The van der Waals surface area contributed by atoms with Crippen LogP contribution in [0.25, 0.3) is 0 Å². The van der Waals surface area contributed by atoms with E-state index in [1.807, 2.05) is 6.92 Å².